The van der Waals surface area contributed by atoms with E-state index in [1.165, 1.54) is 29.2 Å². The zero-order valence-electron chi connectivity index (χ0n) is 22.4. The van der Waals surface area contributed by atoms with Crippen molar-refractivity contribution in [2.45, 2.75) is 32.6 Å². The third kappa shape index (κ3) is 5.43. The summed E-state index contributed by atoms with van der Waals surface area (Å²) in [5.41, 5.74) is 3.25. The molecule has 0 saturated carbocycles. The number of phenolic OH excluding ortho intramolecular Hbond substituents is 1. The number of aromatic hydroxyl groups is 1. The molecule has 4 aromatic rings. The van der Waals surface area contributed by atoms with Crippen molar-refractivity contribution < 1.29 is 28.9 Å². The average Bonchev–Trinajstić information content (AvgIpc) is 3.21. The van der Waals surface area contributed by atoms with Gasteiger partial charge in [-0.2, -0.15) is 0 Å². The molecule has 0 aliphatic carbocycles. The van der Waals surface area contributed by atoms with Gasteiger partial charge in [0.2, 0.25) is 0 Å². The molecule has 0 spiro atoms. The molecule has 4 rings (SSSR count). The lowest BCUT2D eigenvalue weighted by atomic mass is 9.81. The molecule has 0 atom stereocenters. The highest BCUT2D eigenvalue weighted by atomic mass is 35.5. The maximum atomic E-state index is 14.3. The number of carbonyl (C=O) groups is 2. The molecule has 39 heavy (non-hydrogen) atoms. The van der Waals surface area contributed by atoms with Gasteiger partial charge in [-0.25, -0.2) is 14.0 Å². The molecular formula is C30H30ClFN2O5. The standard InChI is InChI=1S/C30H30ClFN2O5/c1-17-14-21(10-11-22(17)32)34-23-15-20(31)16-24(35)26(23)25(18-6-8-19(9-7-18)28(36)37)27(34)30(2,3)12-13-39-29(38)33(4)5/h6-11,14-16,35H,12-13H2,1-5H3,(H,36,37). The van der Waals surface area contributed by atoms with Crippen molar-refractivity contribution in [3.63, 3.8) is 0 Å². The first kappa shape index (κ1) is 28.0. The second-order valence-electron chi connectivity index (χ2n) is 10.3. The number of rotatable bonds is 7. The Balaban J connectivity index is 2.05. The largest absolute Gasteiger partial charge is 0.507 e. The highest BCUT2D eigenvalue weighted by Gasteiger charge is 2.33. The molecule has 0 radical (unpaired) electrons. The molecule has 1 heterocycles. The Bertz CT molecular complexity index is 1580. The summed E-state index contributed by atoms with van der Waals surface area (Å²) in [7, 11) is 3.21. The van der Waals surface area contributed by atoms with Gasteiger partial charge in [-0.1, -0.05) is 37.6 Å². The number of phenols is 1. The zero-order valence-corrected chi connectivity index (χ0v) is 23.1. The Labute approximate surface area is 231 Å². The van der Waals surface area contributed by atoms with Crippen LogP contribution in [0, 0.1) is 12.7 Å². The van der Waals surface area contributed by atoms with Crippen LogP contribution in [0.25, 0.3) is 27.7 Å². The minimum absolute atomic E-state index is 0.0523. The number of aromatic nitrogens is 1. The summed E-state index contributed by atoms with van der Waals surface area (Å²) in [6, 6.07) is 14.3. The second kappa shape index (κ2) is 10.6. The van der Waals surface area contributed by atoms with Gasteiger partial charge >= 0.3 is 12.1 Å². The van der Waals surface area contributed by atoms with E-state index in [1.54, 1.807) is 51.4 Å². The van der Waals surface area contributed by atoms with E-state index in [9.17, 15) is 24.2 Å². The monoisotopic (exact) mass is 552 g/mol. The first-order chi connectivity index (χ1) is 18.3. The number of carbonyl (C=O) groups excluding carboxylic acids is 1. The van der Waals surface area contributed by atoms with Crippen molar-refractivity contribution in [1.29, 1.82) is 0 Å². The normalized spacial score (nSPS) is 11.6. The molecule has 3 aromatic carbocycles. The number of benzene rings is 3. The first-order valence-corrected chi connectivity index (χ1v) is 12.7. The summed E-state index contributed by atoms with van der Waals surface area (Å²) in [5, 5.41) is 21.4. The summed E-state index contributed by atoms with van der Waals surface area (Å²) in [5.74, 6) is -1.45. The third-order valence-electron chi connectivity index (χ3n) is 6.79. The van der Waals surface area contributed by atoms with Gasteiger partial charge in [-0.05, 0) is 66.9 Å². The van der Waals surface area contributed by atoms with Gasteiger partial charge in [0.05, 0.1) is 23.1 Å². The third-order valence-corrected chi connectivity index (χ3v) is 7.01. The molecule has 0 bridgehead atoms. The smallest absolute Gasteiger partial charge is 0.409 e. The Kier molecular flexibility index (Phi) is 7.61. The Morgan fingerprint density at radius 3 is 2.33 bits per heavy atom. The molecule has 0 aliphatic heterocycles. The molecule has 0 unspecified atom stereocenters. The molecule has 0 saturated heterocycles. The van der Waals surface area contributed by atoms with Gasteiger partial charge in [0, 0.05) is 41.5 Å². The quantitative estimate of drug-likeness (QED) is 0.253. The molecule has 2 N–H and O–H groups in total. The van der Waals surface area contributed by atoms with Crippen LogP contribution < -0.4 is 0 Å². The van der Waals surface area contributed by atoms with Crippen molar-refractivity contribution in [2.75, 3.05) is 20.7 Å². The maximum Gasteiger partial charge on any atom is 0.409 e. The highest BCUT2D eigenvalue weighted by Crippen LogP contribution is 2.48. The number of aryl methyl sites for hydroxylation is 1. The molecule has 7 nitrogen and oxygen atoms in total. The van der Waals surface area contributed by atoms with Gasteiger partial charge in [0.15, 0.2) is 0 Å². The van der Waals surface area contributed by atoms with Crippen molar-refractivity contribution in [3.05, 3.63) is 82.3 Å². The average molecular weight is 553 g/mol. The number of ether oxygens (including phenoxy) is 1. The Morgan fingerprint density at radius 1 is 1.08 bits per heavy atom. The minimum atomic E-state index is -1.05. The van der Waals surface area contributed by atoms with E-state index in [1.807, 2.05) is 18.4 Å². The number of fused-ring (bicyclic) bond motifs is 1. The SMILES string of the molecule is Cc1cc(-n2c(C(C)(C)CCOC(=O)N(C)C)c(-c3ccc(C(=O)O)cc3)c3c(O)cc(Cl)cc32)ccc1F. The van der Waals surface area contributed by atoms with Gasteiger partial charge in [0.1, 0.15) is 11.6 Å². The van der Waals surface area contributed by atoms with Crippen molar-refractivity contribution >= 4 is 34.6 Å². The minimum Gasteiger partial charge on any atom is -0.507 e. The summed E-state index contributed by atoms with van der Waals surface area (Å²) in [6.07, 6.45) is -0.0490. The molecule has 0 aliphatic rings. The van der Waals surface area contributed by atoms with Crippen LogP contribution in [0.4, 0.5) is 9.18 Å². The number of hydrogen-bond donors (Lipinski definition) is 2. The zero-order chi connectivity index (χ0) is 28.6. The molecule has 204 valence electrons. The van der Waals surface area contributed by atoms with Crippen molar-refractivity contribution in [2.24, 2.45) is 0 Å². The highest BCUT2D eigenvalue weighted by molar-refractivity contribution is 6.31. The van der Waals surface area contributed by atoms with Crippen molar-refractivity contribution in [1.82, 2.24) is 9.47 Å². The van der Waals surface area contributed by atoms with Crippen molar-refractivity contribution in [3.8, 4) is 22.6 Å². The number of nitrogens with zero attached hydrogens (tertiary/aromatic N) is 2. The van der Waals surface area contributed by atoms with Gasteiger partial charge in [-0.15, -0.1) is 0 Å². The van der Waals surface area contributed by atoms with E-state index in [2.05, 4.69) is 0 Å². The molecule has 9 heteroatoms. The van der Waals surface area contributed by atoms with E-state index in [0.29, 0.717) is 44.7 Å². The van der Waals surface area contributed by atoms with Crippen LogP contribution >= 0.6 is 11.6 Å². The fourth-order valence-corrected chi connectivity index (χ4v) is 4.95. The number of carboxylic acids is 1. The lowest BCUT2D eigenvalue weighted by Gasteiger charge is -2.29. The Hall–Kier alpha value is -4.04. The fraction of sp³-hybridized carbons (Fsp3) is 0.267. The van der Waals surface area contributed by atoms with Crippen LogP contribution in [0.15, 0.2) is 54.6 Å². The first-order valence-electron chi connectivity index (χ1n) is 12.3. The number of amides is 1. The number of carboxylic acid groups (broad SMARTS) is 1. The number of halogens is 2. The summed E-state index contributed by atoms with van der Waals surface area (Å²) in [6.45, 7) is 5.78. The van der Waals surface area contributed by atoms with Crippen LogP contribution in [-0.2, 0) is 10.2 Å². The van der Waals surface area contributed by atoms with Crippen LogP contribution in [-0.4, -0.2) is 52.4 Å². The van der Waals surface area contributed by atoms with Crippen LogP contribution in [0.1, 0.15) is 41.9 Å². The van der Waals surface area contributed by atoms with E-state index < -0.39 is 17.5 Å². The summed E-state index contributed by atoms with van der Waals surface area (Å²) < 4.78 is 21.7. The van der Waals surface area contributed by atoms with Gasteiger partial charge in [0.25, 0.3) is 0 Å². The maximum absolute atomic E-state index is 14.3. The van der Waals surface area contributed by atoms with Gasteiger partial charge < -0.3 is 24.4 Å². The van der Waals surface area contributed by atoms with Crippen LogP contribution in [0.5, 0.6) is 5.75 Å². The summed E-state index contributed by atoms with van der Waals surface area (Å²) in [4.78, 5) is 25.0. The van der Waals surface area contributed by atoms with E-state index >= 15 is 0 Å². The lowest BCUT2D eigenvalue weighted by molar-refractivity contribution is 0.0696. The van der Waals surface area contributed by atoms with E-state index in [4.69, 9.17) is 16.3 Å². The number of hydrogen-bond acceptors (Lipinski definition) is 4. The second-order valence-corrected chi connectivity index (χ2v) is 10.8. The van der Waals surface area contributed by atoms with Crippen LogP contribution in [0.2, 0.25) is 5.02 Å². The predicted octanol–water partition coefficient (Wildman–Crippen LogP) is 7.17. The van der Waals surface area contributed by atoms with Crippen LogP contribution in [0.3, 0.4) is 0 Å². The van der Waals surface area contributed by atoms with E-state index in [0.717, 1.165) is 5.69 Å². The molecule has 1 aromatic heterocycles. The lowest BCUT2D eigenvalue weighted by Crippen LogP contribution is -2.28. The summed E-state index contributed by atoms with van der Waals surface area (Å²) >= 11 is 6.40. The Morgan fingerprint density at radius 2 is 1.74 bits per heavy atom. The van der Waals surface area contributed by atoms with Gasteiger partial charge in [-0.3, -0.25) is 0 Å². The topological polar surface area (TPSA) is 92.0 Å². The van der Waals surface area contributed by atoms with E-state index in [-0.39, 0.29) is 23.7 Å². The molecule has 1 amide bonds. The molecular weight excluding hydrogens is 523 g/mol. The predicted molar refractivity (Wildman–Crippen MR) is 150 cm³/mol. The fourth-order valence-electron chi connectivity index (χ4n) is 4.74. The number of aromatic carboxylic acids is 1. The molecule has 0 fully saturated rings.